The SMILES string of the molecule is CCCCCCCCC[N+]1(C)CCCCC1. The molecule has 0 N–H and O–H groups in total. The highest BCUT2D eigenvalue weighted by molar-refractivity contribution is 4.52. The summed E-state index contributed by atoms with van der Waals surface area (Å²) in [7, 11) is 2.47. The fourth-order valence-electron chi connectivity index (χ4n) is 2.95. The molecule has 1 nitrogen and oxygen atoms in total. The summed E-state index contributed by atoms with van der Waals surface area (Å²) in [5, 5.41) is 0. The second-order valence-electron chi connectivity index (χ2n) is 5.97. The van der Waals surface area contributed by atoms with Gasteiger partial charge >= 0.3 is 0 Å². The van der Waals surface area contributed by atoms with Gasteiger partial charge in [-0.3, -0.25) is 0 Å². The Labute approximate surface area is 103 Å². The van der Waals surface area contributed by atoms with Gasteiger partial charge in [-0.2, -0.15) is 0 Å². The van der Waals surface area contributed by atoms with Crippen LogP contribution >= 0.6 is 0 Å². The van der Waals surface area contributed by atoms with Gasteiger partial charge in [0.05, 0.1) is 26.7 Å². The first-order valence-electron chi connectivity index (χ1n) is 7.60. The van der Waals surface area contributed by atoms with Crippen molar-refractivity contribution in [3.63, 3.8) is 0 Å². The maximum absolute atomic E-state index is 2.47. The molecule has 0 saturated carbocycles. The number of piperidine rings is 1. The average Bonchev–Trinajstić information content (AvgIpc) is 2.29. The van der Waals surface area contributed by atoms with Crippen LogP contribution in [0.4, 0.5) is 0 Å². The molecular formula is C15H32N+. The quantitative estimate of drug-likeness (QED) is 0.426. The lowest BCUT2D eigenvalue weighted by molar-refractivity contribution is -0.914. The molecule has 0 atom stereocenters. The van der Waals surface area contributed by atoms with Gasteiger partial charge < -0.3 is 4.48 Å². The van der Waals surface area contributed by atoms with Crippen molar-refractivity contribution in [1.82, 2.24) is 0 Å². The van der Waals surface area contributed by atoms with E-state index in [2.05, 4.69) is 14.0 Å². The molecule has 1 heterocycles. The molecule has 0 aliphatic carbocycles. The second kappa shape index (κ2) is 8.11. The van der Waals surface area contributed by atoms with Gasteiger partial charge in [0.15, 0.2) is 0 Å². The average molecular weight is 226 g/mol. The lowest BCUT2D eigenvalue weighted by Crippen LogP contribution is -2.48. The zero-order valence-electron chi connectivity index (χ0n) is 11.6. The fraction of sp³-hybridized carbons (Fsp3) is 1.00. The van der Waals surface area contributed by atoms with Crippen molar-refractivity contribution in [2.24, 2.45) is 0 Å². The molecule has 1 aliphatic heterocycles. The molecule has 1 heteroatoms. The zero-order chi connectivity index (χ0) is 11.7. The van der Waals surface area contributed by atoms with Gasteiger partial charge in [-0.15, -0.1) is 0 Å². The van der Waals surface area contributed by atoms with Crippen LogP contribution in [0.2, 0.25) is 0 Å². The number of quaternary nitrogens is 1. The van der Waals surface area contributed by atoms with Crippen LogP contribution in [0.25, 0.3) is 0 Å². The third kappa shape index (κ3) is 5.89. The van der Waals surface area contributed by atoms with E-state index in [0.29, 0.717) is 0 Å². The van der Waals surface area contributed by atoms with Crippen LogP contribution < -0.4 is 0 Å². The highest BCUT2D eigenvalue weighted by atomic mass is 15.3. The Bertz CT molecular complexity index is 159. The van der Waals surface area contributed by atoms with E-state index in [1.54, 1.807) is 0 Å². The van der Waals surface area contributed by atoms with E-state index < -0.39 is 0 Å². The third-order valence-corrected chi connectivity index (χ3v) is 4.20. The first kappa shape index (κ1) is 14.0. The molecule has 16 heavy (non-hydrogen) atoms. The molecule has 0 spiro atoms. The number of hydrogen-bond donors (Lipinski definition) is 0. The van der Waals surface area contributed by atoms with Crippen LogP contribution in [0.5, 0.6) is 0 Å². The van der Waals surface area contributed by atoms with Crippen molar-refractivity contribution in [1.29, 1.82) is 0 Å². The van der Waals surface area contributed by atoms with Crippen molar-refractivity contribution in [3.05, 3.63) is 0 Å². The Balaban J connectivity index is 1.93. The van der Waals surface area contributed by atoms with E-state index in [-0.39, 0.29) is 0 Å². The van der Waals surface area contributed by atoms with Crippen molar-refractivity contribution in [2.45, 2.75) is 71.1 Å². The van der Waals surface area contributed by atoms with E-state index in [0.717, 1.165) is 0 Å². The molecule has 0 unspecified atom stereocenters. The van der Waals surface area contributed by atoms with Gasteiger partial charge in [0, 0.05) is 0 Å². The van der Waals surface area contributed by atoms with E-state index >= 15 is 0 Å². The molecule has 1 saturated heterocycles. The maximum Gasteiger partial charge on any atom is 0.0784 e. The van der Waals surface area contributed by atoms with E-state index in [9.17, 15) is 0 Å². The third-order valence-electron chi connectivity index (χ3n) is 4.20. The minimum absolute atomic E-state index is 1.37. The summed E-state index contributed by atoms with van der Waals surface area (Å²) in [6.07, 6.45) is 14.5. The summed E-state index contributed by atoms with van der Waals surface area (Å²) in [5.74, 6) is 0. The van der Waals surface area contributed by atoms with Gasteiger partial charge in [0.25, 0.3) is 0 Å². The molecule has 0 aromatic heterocycles. The molecule has 0 radical (unpaired) electrons. The second-order valence-corrected chi connectivity index (χ2v) is 5.97. The topological polar surface area (TPSA) is 0 Å². The van der Waals surface area contributed by atoms with Crippen molar-refractivity contribution in [2.75, 3.05) is 26.7 Å². The van der Waals surface area contributed by atoms with Crippen LogP contribution in [0.3, 0.4) is 0 Å². The molecule has 0 aromatic carbocycles. The fourth-order valence-corrected chi connectivity index (χ4v) is 2.95. The number of nitrogens with zero attached hydrogens (tertiary/aromatic N) is 1. The Morgan fingerprint density at radius 3 is 1.94 bits per heavy atom. The molecular weight excluding hydrogens is 194 g/mol. The van der Waals surface area contributed by atoms with Crippen LogP contribution in [-0.2, 0) is 0 Å². The summed E-state index contributed by atoms with van der Waals surface area (Å²) >= 11 is 0. The normalized spacial score (nSPS) is 19.9. The predicted molar refractivity (Wildman–Crippen MR) is 72.6 cm³/mol. The number of unbranched alkanes of at least 4 members (excludes halogenated alkanes) is 6. The monoisotopic (exact) mass is 226 g/mol. The lowest BCUT2D eigenvalue weighted by Gasteiger charge is -2.37. The zero-order valence-corrected chi connectivity index (χ0v) is 11.6. The molecule has 96 valence electrons. The minimum Gasteiger partial charge on any atom is -0.326 e. The summed E-state index contributed by atoms with van der Waals surface area (Å²) < 4.78 is 1.37. The van der Waals surface area contributed by atoms with E-state index in [1.165, 1.54) is 88.3 Å². The largest absolute Gasteiger partial charge is 0.326 e. The van der Waals surface area contributed by atoms with Crippen molar-refractivity contribution in [3.8, 4) is 0 Å². The lowest BCUT2D eigenvalue weighted by atomic mass is 10.1. The Hall–Kier alpha value is -0.0400. The Morgan fingerprint density at radius 1 is 0.750 bits per heavy atom. The molecule has 0 aromatic rings. The van der Waals surface area contributed by atoms with Gasteiger partial charge in [-0.1, -0.05) is 39.0 Å². The first-order chi connectivity index (χ1) is 7.77. The molecule has 1 rings (SSSR count). The van der Waals surface area contributed by atoms with Crippen LogP contribution in [0.1, 0.15) is 71.1 Å². The molecule has 1 fully saturated rings. The minimum atomic E-state index is 1.37. The maximum atomic E-state index is 2.47. The predicted octanol–water partition coefficient (Wildman–Crippen LogP) is 4.37. The smallest absolute Gasteiger partial charge is 0.0784 e. The highest BCUT2D eigenvalue weighted by Crippen LogP contribution is 2.18. The van der Waals surface area contributed by atoms with Crippen LogP contribution in [0, 0.1) is 0 Å². The summed E-state index contributed by atoms with van der Waals surface area (Å²) in [4.78, 5) is 0. The van der Waals surface area contributed by atoms with Gasteiger partial charge in [0.2, 0.25) is 0 Å². The molecule has 0 bridgehead atoms. The number of likely N-dealkylation sites (tertiary alicyclic amines) is 1. The highest BCUT2D eigenvalue weighted by Gasteiger charge is 2.23. The van der Waals surface area contributed by atoms with Gasteiger partial charge in [0.1, 0.15) is 0 Å². The Kier molecular flexibility index (Phi) is 7.11. The molecule has 1 aliphatic rings. The van der Waals surface area contributed by atoms with Gasteiger partial charge in [-0.05, 0) is 32.1 Å². The van der Waals surface area contributed by atoms with E-state index in [1.807, 2.05) is 0 Å². The summed E-state index contributed by atoms with van der Waals surface area (Å²) in [6, 6.07) is 0. The molecule has 0 amide bonds. The number of hydrogen-bond acceptors (Lipinski definition) is 0. The van der Waals surface area contributed by atoms with Crippen LogP contribution in [-0.4, -0.2) is 31.2 Å². The summed E-state index contributed by atoms with van der Waals surface area (Å²) in [6.45, 7) is 6.61. The van der Waals surface area contributed by atoms with Crippen molar-refractivity contribution >= 4 is 0 Å². The van der Waals surface area contributed by atoms with E-state index in [4.69, 9.17) is 0 Å². The van der Waals surface area contributed by atoms with Crippen molar-refractivity contribution < 1.29 is 4.48 Å². The standard InChI is InChI=1S/C15H32N/c1-3-4-5-6-7-8-10-13-16(2)14-11-9-12-15-16/h3-15H2,1-2H3/q+1. The van der Waals surface area contributed by atoms with Gasteiger partial charge in [-0.25, -0.2) is 0 Å². The number of rotatable bonds is 8. The van der Waals surface area contributed by atoms with Crippen LogP contribution in [0.15, 0.2) is 0 Å². The first-order valence-corrected chi connectivity index (χ1v) is 7.60. The Morgan fingerprint density at radius 2 is 1.31 bits per heavy atom. The summed E-state index contributed by atoms with van der Waals surface area (Å²) in [5.41, 5.74) is 0.